The normalized spacial score (nSPS) is 10.9. The van der Waals surface area contributed by atoms with Crippen LogP contribution in [-0.4, -0.2) is 38.7 Å². The van der Waals surface area contributed by atoms with Gasteiger partial charge in [0.15, 0.2) is 5.69 Å². The van der Waals surface area contributed by atoms with Gasteiger partial charge in [0.1, 0.15) is 11.6 Å². The maximum atomic E-state index is 12.6. The van der Waals surface area contributed by atoms with Gasteiger partial charge in [-0.05, 0) is 65.6 Å². The standard InChI is InChI=1S/C26H23N5O2/c1-33-23-6-2-5-20(16-23)21-7-8-22-9-10-25(30(22)18-21)31-15-12-24(29-31)26(32)28-14-11-19-4-3-13-27-17-19/h2-10,12-13,15-18H,11,14H2,1H3,(H,28,32). The second kappa shape index (κ2) is 9.00. The van der Waals surface area contributed by atoms with Crippen molar-refractivity contribution in [2.45, 2.75) is 6.42 Å². The Balaban J connectivity index is 1.35. The maximum Gasteiger partial charge on any atom is 0.271 e. The van der Waals surface area contributed by atoms with Gasteiger partial charge in [-0.3, -0.25) is 9.78 Å². The maximum absolute atomic E-state index is 12.6. The molecule has 4 heterocycles. The fourth-order valence-electron chi connectivity index (χ4n) is 3.78. The molecule has 7 heteroatoms. The van der Waals surface area contributed by atoms with Crippen molar-refractivity contribution >= 4 is 11.4 Å². The van der Waals surface area contributed by atoms with Crippen LogP contribution in [0.5, 0.6) is 5.75 Å². The molecule has 1 amide bonds. The zero-order valence-electron chi connectivity index (χ0n) is 18.2. The van der Waals surface area contributed by atoms with Gasteiger partial charge >= 0.3 is 0 Å². The summed E-state index contributed by atoms with van der Waals surface area (Å²) in [4.78, 5) is 16.7. The third-order valence-corrected chi connectivity index (χ3v) is 5.51. The first-order valence-electron chi connectivity index (χ1n) is 10.7. The van der Waals surface area contributed by atoms with Crippen LogP contribution >= 0.6 is 0 Å². The van der Waals surface area contributed by atoms with Crippen LogP contribution in [0.4, 0.5) is 0 Å². The van der Waals surface area contributed by atoms with Gasteiger partial charge in [-0.15, -0.1) is 0 Å². The predicted octanol–water partition coefficient (Wildman–Crippen LogP) is 4.17. The minimum atomic E-state index is -0.199. The lowest BCUT2D eigenvalue weighted by Gasteiger charge is -2.08. The molecule has 164 valence electrons. The molecule has 0 spiro atoms. The Kier molecular flexibility index (Phi) is 5.59. The third kappa shape index (κ3) is 4.34. The Morgan fingerprint density at radius 3 is 2.79 bits per heavy atom. The summed E-state index contributed by atoms with van der Waals surface area (Å²) in [5.41, 5.74) is 4.61. The first-order valence-corrected chi connectivity index (χ1v) is 10.7. The Hall–Kier alpha value is -4.39. The number of nitrogens with one attached hydrogen (secondary N) is 1. The molecule has 0 aliphatic rings. The number of methoxy groups -OCH3 is 1. The molecule has 7 nitrogen and oxygen atoms in total. The topological polar surface area (TPSA) is 73.4 Å². The van der Waals surface area contributed by atoms with Crippen molar-refractivity contribution in [1.29, 1.82) is 0 Å². The Labute approximate surface area is 191 Å². The average Bonchev–Trinajstić information content (AvgIpc) is 3.51. The monoisotopic (exact) mass is 437 g/mol. The van der Waals surface area contributed by atoms with Gasteiger partial charge in [-0.1, -0.05) is 24.3 Å². The third-order valence-electron chi connectivity index (χ3n) is 5.51. The van der Waals surface area contributed by atoms with E-state index in [-0.39, 0.29) is 5.91 Å². The Morgan fingerprint density at radius 1 is 1.03 bits per heavy atom. The highest BCUT2D eigenvalue weighted by atomic mass is 16.5. The van der Waals surface area contributed by atoms with Gasteiger partial charge in [0.25, 0.3) is 5.91 Å². The lowest BCUT2D eigenvalue weighted by molar-refractivity contribution is 0.0948. The van der Waals surface area contributed by atoms with Crippen molar-refractivity contribution in [3.8, 4) is 22.7 Å². The number of amides is 1. The average molecular weight is 438 g/mol. The number of hydrogen-bond donors (Lipinski definition) is 1. The Bertz CT molecular complexity index is 1400. The summed E-state index contributed by atoms with van der Waals surface area (Å²) in [7, 11) is 1.66. The molecular formula is C26H23N5O2. The first-order chi connectivity index (χ1) is 16.2. The molecule has 0 bridgehead atoms. The Morgan fingerprint density at radius 2 is 1.94 bits per heavy atom. The van der Waals surface area contributed by atoms with Gasteiger partial charge in [0.05, 0.1) is 7.11 Å². The summed E-state index contributed by atoms with van der Waals surface area (Å²) in [6.07, 6.45) is 8.12. The smallest absolute Gasteiger partial charge is 0.271 e. The SMILES string of the molecule is COc1cccc(-c2ccc3ccc(-n4ccc(C(=O)NCCc5cccnc5)n4)n3c2)c1. The molecule has 1 aromatic carbocycles. The van der Waals surface area contributed by atoms with E-state index in [2.05, 4.69) is 44.2 Å². The number of carbonyl (C=O) groups is 1. The van der Waals surface area contributed by atoms with Gasteiger partial charge < -0.3 is 14.5 Å². The lowest BCUT2D eigenvalue weighted by atomic mass is 10.1. The number of benzene rings is 1. The van der Waals surface area contributed by atoms with E-state index < -0.39 is 0 Å². The highest BCUT2D eigenvalue weighted by Gasteiger charge is 2.12. The zero-order chi connectivity index (χ0) is 22.6. The molecule has 0 saturated carbocycles. The van der Waals surface area contributed by atoms with Gasteiger partial charge in [-0.2, -0.15) is 5.10 Å². The number of hydrogen-bond acceptors (Lipinski definition) is 4. The molecule has 0 unspecified atom stereocenters. The first kappa shape index (κ1) is 20.5. The minimum absolute atomic E-state index is 0.199. The molecule has 0 fully saturated rings. The van der Waals surface area contributed by atoms with Crippen LogP contribution in [0.2, 0.25) is 0 Å². The summed E-state index contributed by atoms with van der Waals surface area (Å²) < 4.78 is 9.14. The fourth-order valence-corrected chi connectivity index (χ4v) is 3.78. The summed E-state index contributed by atoms with van der Waals surface area (Å²) in [5, 5.41) is 7.43. The van der Waals surface area contributed by atoms with Crippen molar-refractivity contribution in [3.63, 3.8) is 0 Å². The summed E-state index contributed by atoms with van der Waals surface area (Å²) in [6, 6.07) is 21.7. The molecule has 0 saturated heterocycles. The van der Waals surface area contributed by atoms with Crippen molar-refractivity contribution in [3.05, 3.63) is 103 Å². The largest absolute Gasteiger partial charge is 0.497 e. The van der Waals surface area contributed by atoms with E-state index in [4.69, 9.17) is 4.74 Å². The van der Waals surface area contributed by atoms with Gasteiger partial charge in [-0.25, -0.2) is 4.68 Å². The summed E-state index contributed by atoms with van der Waals surface area (Å²) in [5.74, 6) is 1.46. The van der Waals surface area contributed by atoms with E-state index in [1.54, 1.807) is 36.4 Å². The van der Waals surface area contributed by atoms with E-state index in [9.17, 15) is 4.79 Å². The number of carbonyl (C=O) groups excluding carboxylic acids is 1. The summed E-state index contributed by atoms with van der Waals surface area (Å²) >= 11 is 0. The molecule has 33 heavy (non-hydrogen) atoms. The number of nitrogens with zero attached hydrogens (tertiary/aromatic N) is 4. The number of aromatic nitrogens is 4. The van der Waals surface area contributed by atoms with E-state index in [1.807, 2.05) is 42.5 Å². The summed E-state index contributed by atoms with van der Waals surface area (Å²) in [6.45, 7) is 0.523. The number of pyridine rings is 2. The molecule has 5 rings (SSSR count). The fraction of sp³-hybridized carbons (Fsp3) is 0.115. The van der Waals surface area contributed by atoms with Gasteiger partial charge in [0, 0.05) is 36.8 Å². The van der Waals surface area contributed by atoms with Crippen LogP contribution in [0.1, 0.15) is 16.1 Å². The van der Waals surface area contributed by atoms with Crippen molar-refractivity contribution in [2.75, 3.05) is 13.7 Å². The molecule has 4 aromatic heterocycles. The zero-order valence-corrected chi connectivity index (χ0v) is 18.2. The molecule has 0 atom stereocenters. The highest BCUT2D eigenvalue weighted by Crippen LogP contribution is 2.26. The molecule has 0 radical (unpaired) electrons. The number of rotatable bonds is 7. The van der Waals surface area contributed by atoms with Crippen LogP contribution in [-0.2, 0) is 6.42 Å². The number of ether oxygens (including phenoxy) is 1. The van der Waals surface area contributed by atoms with Crippen LogP contribution in [0.25, 0.3) is 22.5 Å². The van der Waals surface area contributed by atoms with Crippen LogP contribution < -0.4 is 10.1 Å². The minimum Gasteiger partial charge on any atom is -0.497 e. The lowest BCUT2D eigenvalue weighted by Crippen LogP contribution is -2.26. The highest BCUT2D eigenvalue weighted by molar-refractivity contribution is 5.92. The van der Waals surface area contributed by atoms with E-state index in [0.717, 1.165) is 40.2 Å². The van der Waals surface area contributed by atoms with Crippen LogP contribution in [0.15, 0.2) is 91.5 Å². The second-order valence-corrected chi connectivity index (χ2v) is 7.65. The van der Waals surface area contributed by atoms with E-state index >= 15 is 0 Å². The molecule has 5 aromatic rings. The van der Waals surface area contributed by atoms with Crippen molar-refractivity contribution in [2.24, 2.45) is 0 Å². The van der Waals surface area contributed by atoms with Gasteiger partial charge in [0.2, 0.25) is 0 Å². The van der Waals surface area contributed by atoms with Crippen LogP contribution in [0.3, 0.4) is 0 Å². The quantitative estimate of drug-likeness (QED) is 0.415. The van der Waals surface area contributed by atoms with Crippen LogP contribution in [0, 0.1) is 0 Å². The predicted molar refractivity (Wildman–Crippen MR) is 127 cm³/mol. The molecule has 0 aliphatic heterocycles. The molecule has 0 aliphatic carbocycles. The second-order valence-electron chi connectivity index (χ2n) is 7.65. The number of fused-ring (bicyclic) bond motifs is 1. The van der Waals surface area contributed by atoms with E-state index in [0.29, 0.717) is 12.2 Å². The molecular weight excluding hydrogens is 414 g/mol. The van der Waals surface area contributed by atoms with Crippen molar-refractivity contribution in [1.82, 2.24) is 24.5 Å². The van der Waals surface area contributed by atoms with E-state index in [1.165, 1.54) is 0 Å². The molecule has 1 N–H and O–H groups in total. The van der Waals surface area contributed by atoms with Crippen molar-refractivity contribution < 1.29 is 9.53 Å².